The van der Waals surface area contributed by atoms with Crippen LogP contribution >= 0.6 is 24.4 Å². The maximum absolute atomic E-state index is 5.20. The number of aromatic nitrogens is 4. The largest absolute Gasteiger partial charge is 0.338 e. The van der Waals surface area contributed by atoms with Crippen molar-refractivity contribution in [2.45, 2.75) is 26.8 Å². The van der Waals surface area contributed by atoms with Crippen LogP contribution in [0.15, 0.2) is 0 Å². The molecule has 0 radical (unpaired) electrons. The first-order valence-corrected chi connectivity index (χ1v) is 5.70. The Morgan fingerprint density at radius 2 is 2.00 bits per heavy atom. The van der Waals surface area contributed by atoms with Crippen molar-refractivity contribution in [2.24, 2.45) is 0 Å². The lowest BCUT2D eigenvalue weighted by atomic mass is 10.5. The molecule has 0 bridgehead atoms. The molecule has 2 heterocycles. The second-order valence-corrected chi connectivity index (χ2v) is 4.03. The number of nitrogens with zero attached hydrogens (tertiary/aromatic N) is 2. The predicted molar refractivity (Wildman–Crippen MR) is 65.2 cm³/mol. The number of hydrogen-bond acceptors (Lipinski definition) is 3. The topological polar surface area (TPSA) is 49.4 Å². The quantitative estimate of drug-likeness (QED) is 0.794. The molecule has 0 aromatic carbocycles. The monoisotopic (exact) mass is 240 g/mol. The van der Waals surface area contributed by atoms with Gasteiger partial charge in [0.15, 0.2) is 10.4 Å². The molecule has 0 unspecified atom stereocenters. The minimum atomic E-state index is 0.629. The standard InChI is InChI=1S/C9H12N4S2/c1-3-5-10-6-7(11-5)13(4-2)9(15)12-8(6)14/h3-4H2,1-2H3,(H,10,11)(H,12,14,15). The summed E-state index contributed by atoms with van der Waals surface area (Å²) >= 11 is 10.4. The lowest BCUT2D eigenvalue weighted by Gasteiger charge is -2.03. The molecule has 0 amide bonds. The Hall–Kier alpha value is -1.01. The van der Waals surface area contributed by atoms with Gasteiger partial charge in [-0.2, -0.15) is 0 Å². The summed E-state index contributed by atoms with van der Waals surface area (Å²) in [6.45, 7) is 4.87. The van der Waals surface area contributed by atoms with Gasteiger partial charge in [0.1, 0.15) is 16.0 Å². The molecule has 2 aromatic heterocycles. The SMILES string of the molecule is CCc1nc2c([nH]1)c(=S)[nH]c(=S)n2CC. The Labute approximate surface area is 97.4 Å². The molecular formula is C9H12N4S2. The van der Waals surface area contributed by atoms with Crippen LogP contribution < -0.4 is 0 Å². The van der Waals surface area contributed by atoms with E-state index in [1.165, 1.54) is 0 Å². The Balaban J connectivity index is 2.94. The molecule has 0 aliphatic heterocycles. The van der Waals surface area contributed by atoms with Gasteiger partial charge in [0.2, 0.25) is 0 Å². The van der Waals surface area contributed by atoms with Crippen molar-refractivity contribution in [3.63, 3.8) is 0 Å². The van der Waals surface area contributed by atoms with Gasteiger partial charge < -0.3 is 14.5 Å². The van der Waals surface area contributed by atoms with Crippen LogP contribution in [0.1, 0.15) is 19.7 Å². The van der Waals surface area contributed by atoms with Crippen LogP contribution in [0.4, 0.5) is 0 Å². The van der Waals surface area contributed by atoms with Crippen molar-refractivity contribution in [1.29, 1.82) is 0 Å². The van der Waals surface area contributed by atoms with Gasteiger partial charge in [-0.25, -0.2) is 4.98 Å². The van der Waals surface area contributed by atoms with Crippen molar-refractivity contribution in [3.05, 3.63) is 15.2 Å². The van der Waals surface area contributed by atoms with Crippen LogP contribution in [0.2, 0.25) is 0 Å². The number of nitrogens with one attached hydrogen (secondary N) is 2. The third-order valence-electron chi connectivity index (χ3n) is 2.33. The molecule has 0 saturated heterocycles. The van der Waals surface area contributed by atoms with Crippen LogP contribution in [0, 0.1) is 9.41 Å². The van der Waals surface area contributed by atoms with E-state index in [2.05, 4.69) is 21.9 Å². The smallest absolute Gasteiger partial charge is 0.179 e. The summed E-state index contributed by atoms with van der Waals surface area (Å²) in [5.74, 6) is 0.937. The molecule has 2 rings (SSSR count). The summed E-state index contributed by atoms with van der Waals surface area (Å²) < 4.78 is 3.20. The molecule has 0 spiro atoms. The fraction of sp³-hybridized carbons (Fsp3) is 0.444. The summed E-state index contributed by atoms with van der Waals surface area (Å²) in [5.41, 5.74) is 1.72. The molecule has 0 atom stereocenters. The lowest BCUT2D eigenvalue weighted by molar-refractivity contribution is 0.744. The number of aryl methyl sites for hydroxylation is 2. The fourth-order valence-electron chi connectivity index (χ4n) is 1.55. The fourth-order valence-corrected chi connectivity index (χ4v) is 2.17. The number of H-pyrrole nitrogens is 2. The van der Waals surface area contributed by atoms with E-state index in [1.54, 1.807) is 0 Å². The van der Waals surface area contributed by atoms with E-state index in [4.69, 9.17) is 24.4 Å². The van der Waals surface area contributed by atoms with Gasteiger partial charge in [-0.15, -0.1) is 0 Å². The summed E-state index contributed by atoms with van der Waals surface area (Å²) in [7, 11) is 0. The van der Waals surface area contributed by atoms with Crippen molar-refractivity contribution < 1.29 is 0 Å². The van der Waals surface area contributed by atoms with E-state index in [1.807, 2.05) is 11.5 Å². The Morgan fingerprint density at radius 1 is 1.27 bits per heavy atom. The zero-order chi connectivity index (χ0) is 11.0. The average Bonchev–Trinajstić information content (AvgIpc) is 2.62. The normalized spacial score (nSPS) is 11.1. The summed E-state index contributed by atoms with van der Waals surface area (Å²) in [6.07, 6.45) is 0.861. The predicted octanol–water partition coefficient (Wildman–Crippen LogP) is 2.73. The van der Waals surface area contributed by atoms with Gasteiger partial charge in [0, 0.05) is 13.0 Å². The second kappa shape index (κ2) is 3.86. The van der Waals surface area contributed by atoms with Crippen molar-refractivity contribution in [3.8, 4) is 0 Å². The van der Waals surface area contributed by atoms with E-state index >= 15 is 0 Å². The van der Waals surface area contributed by atoms with E-state index in [-0.39, 0.29) is 0 Å². The van der Waals surface area contributed by atoms with Crippen LogP contribution in [-0.4, -0.2) is 19.5 Å². The van der Waals surface area contributed by atoms with Crippen LogP contribution in [-0.2, 0) is 13.0 Å². The highest BCUT2D eigenvalue weighted by molar-refractivity contribution is 7.72. The van der Waals surface area contributed by atoms with Crippen LogP contribution in [0.25, 0.3) is 11.2 Å². The zero-order valence-electron chi connectivity index (χ0n) is 8.63. The first-order valence-electron chi connectivity index (χ1n) is 4.89. The number of fused-ring (bicyclic) bond motifs is 1. The van der Waals surface area contributed by atoms with E-state index in [9.17, 15) is 0 Å². The molecule has 0 aliphatic carbocycles. The number of aromatic amines is 2. The minimum Gasteiger partial charge on any atom is -0.338 e. The number of imidazole rings is 1. The third kappa shape index (κ3) is 1.63. The van der Waals surface area contributed by atoms with E-state index < -0.39 is 0 Å². The highest BCUT2D eigenvalue weighted by atomic mass is 32.1. The molecule has 4 nitrogen and oxygen atoms in total. The van der Waals surface area contributed by atoms with Gasteiger partial charge in [-0.3, -0.25) is 0 Å². The molecule has 6 heteroatoms. The van der Waals surface area contributed by atoms with Gasteiger partial charge in [0.05, 0.1) is 0 Å². The molecule has 0 saturated carbocycles. The summed E-state index contributed by atoms with van der Waals surface area (Å²) in [6, 6.07) is 0. The van der Waals surface area contributed by atoms with Crippen LogP contribution in [0.3, 0.4) is 0 Å². The maximum Gasteiger partial charge on any atom is 0.179 e. The highest BCUT2D eigenvalue weighted by Gasteiger charge is 2.07. The first kappa shape index (κ1) is 10.5. The molecule has 2 aromatic rings. The summed E-state index contributed by atoms with van der Waals surface area (Å²) in [5, 5.41) is 0. The van der Waals surface area contributed by atoms with Gasteiger partial charge in [0.25, 0.3) is 0 Å². The van der Waals surface area contributed by atoms with Gasteiger partial charge in [-0.05, 0) is 19.1 Å². The first-order chi connectivity index (χ1) is 7.17. The number of hydrogen-bond donors (Lipinski definition) is 2. The molecule has 0 aliphatic rings. The Bertz CT molecular complexity index is 605. The highest BCUT2D eigenvalue weighted by Crippen LogP contribution is 2.12. The molecule has 0 fully saturated rings. The zero-order valence-corrected chi connectivity index (χ0v) is 10.3. The van der Waals surface area contributed by atoms with Gasteiger partial charge in [-0.1, -0.05) is 19.1 Å². The average molecular weight is 240 g/mol. The molecule has 15 heavy (non-hydrogen) atoms. The maximum atomic E-state index is 5.20. The van der Waals surface area contributed by atoms with Crippen molar-refractivity contribution in [1.82, 2.24) is 19.5 Å². The molecular weight excluding hydrogens is 228 g/mol. The Morgan fingerprint density at radius 3 is 2.60 bits per heavy atom. The van der Waals surface area contributed by atoms with Gasteiger partial charge >= 0.3 is 0 Å². The van der Waals surface area contributed by atoms with E-state index in [0.717, 1.165) is 30.0 Å². The molecule has 2 N–H and O–H groups in total. The summed E-state index contributed by atoms with van der Waals surface area (Å²) in [4.78, 5) is 10.7. The van der Waals surface area contributed by atoms with Crippen molar-refractivity contribution in [2.75, 3.05) is 0 Å². The third-order valence-corrected chi connectivity index (χ3v) is 2.96. The Kier molecular flexibility index (Phi) is 2.70. The number of rotatable bonds is 2. The second-order valence-electron chi connectivity index (χ2n) is 3.24. The van der Waals surface area contributed by atoms with Crippen LogP contribution in [0.5, 0.6) is 0 Å². The van der Waals surface area contributed by atoms with E-state index in [0.29, 0.717) is 9.41 Å². The lowest BCUT2D eigenvalue weighted by Crippen LogP contribution is -2.02. The molecule has 80 valence electrons. The van der Waals surface area contributed by atoms with Crippen molar-refractivity contribution >= 4 is 35.6 Å². The minimum absolute atomic E-state index is 0.629.